The van der Waals surface area contributed by atoms with Crippen LogP contribution in [0.1, 0.15) is 13.8 Å². The van der Waals surface area contributed by atoms with Gasteiger partial charge in [-0.3, -0.25) is 4.72 Å². The fourth-order valence-electron chi connectivity index (χ4n) is 0.118. The van der Waals surface area contributed by atoms with Gasteiger partial charge in [0.05, 0.1) is 7.85 Å². The van der Waals surface area contributed by atoms with Crippen LogP contribution in [0.3, 0.4) is 0 Å². The van der Waals surface area contributed by atoms with Gasteiger partial charge >= 0.3 is 0 Å². The molecule has 2 unspecified atom stereocenters. The van der Waals surface area contributed by atoms with Crippen LogP contribution in [0.5, 0.6) is 0 Å². The average Bonchev–Trinajstić information content (AvgIpc) is 1.65. The van der Waals surface area contributed by atoms with Crippen LogP contribution < -0.4 is 4.72 Å². The molecule has 0 rings (SSSR count). The second-order valence-corrected chi connectivity index (χ2v) is 2.04. The maximum atomic E-state index is 5.44. The highest BCUT2D eigenvalue weighted by atomic mass is 32.1. The van der Waals surface area contributed by atoms with Crippen molar-refractivity contribution in [1.29, 1.82) is 0 Å². The van der Waals surface area contributed by atoms with Gasteiger partial charge in [0.15, 0.2) is 0 Å². The molecule has 1 N–H and O–H groups in total. The van der Waals surface area contributed by atoms with E-state index in [-0.39, 0.29) is 5.82 Å². The Bertz CT molecular complexity index is 49.0. The van der Waals surface area contributed by atoms with Crippen LogP contribution in [0.4, 0.5) is 0 Å². The number of hydrogen-bond acceptors (Lipinski definition) is 2. The Balaban J connectivity index is 3.14. The fraction of sp³-hybridized carbons (Fsp3) is 1.00. The molecule has 0 aromatic carbocycles. The molecule has 0 aliphatic heterocycles. The Morgan fingerprint density at radius 3 is 2.00 bits per heavy atom. The predicted octanol–water partition coefficient (Wildman–Crippen LogP) is 0.786. The maximum absolute atomic E-state index is 5.44. The number of thiol groups is 1. The summed E-state index contributed by atoms with van der Waals surface area (Å²) >= 11 is 3.82. The second-order valence-electron chi connectivity index (χ2n) is 1.78. The minimum absolute atomic E-state index is 0.178. The SMILES string of the molecule is [B]C(C)C(C)NS. The van der Waals surface area contributed by atoms with E-state index in [4.69, 9.17) is 7.85 Å². The first kappa shape index (κ1) is 7.37. The lowest BCUT2D eigenvalue weighted by atomic mass is 9.84. The molecule has 0 spiro atoms. The minimum atomic E-state index is 0.178. The standard InChI is InChI=1S/C4H10BNS/c1-3(5)4(2)6-7/h3-4,6-7H,1-2H3. The Morgan fingerprint density at radius 1 is 1.57 bits per heavy atom. The second kappa shape index (κ2) is 3.39. The largest absolute Gasteiger partial charge is 0.264 e. The summed E-state index contributed by atoms with van der Waals surface area (Å²) in [6.07, 6.45) is 0. The topological polar surface area (TPSA) is 12.0 Å². The van der Waals surface area contributed by atoms with Crippen molar-refractivity contribution in [3.05, 3.63) is 0 Å². The molecular weight excluding hydrogens is 105 g/mol. The van der Waals surface area contributed by atoms with Crippen molar-refractivity contribution in [3.63, 3.8) is 0 Å². The molecule has 2 atom stereocenters. The van der Waals surface area contributed by atoms with Crippen molar-refractivity contribution in [2.45, 2.75) is 25.7 Å². The summed E-state index contributed by atoms with van der Waals surface area (Å²) in [5.74, 6) is 0.178. The van der Waals surface area contributed by atoms with Crippen LogP contribution in [0, 0.1) is 0 Å². The van der Waals surface area contributed by atoms with Crippen LogP contribution >= 0.6 is 12.8 Å². The third-order valence-electron chi connectivity index (χ3n) is 0.992. The summed E-state index contributed by atoms with van der Waals surface area (Å²) in [5, 5.41) is 0. The number of nitrogens with one attached hydrogen (secondary N) is 1. The monoisotopic (exact) mass is 115 g/mol. The first-order chi connectivity index (χ1) is 3.18. The number of hydrogen-bond donors (Lipinski definition) is 2. The Morgan fingerprint density at radius 2 is 2.00 bits per heavy atom. The molecule has 0 saturated heterocycles. The molecule has 0 aliphatic rings. The van der Waals surface area contributed by atoms with Gasteiger partial charge < -0.3 is 0 Å². The lowest BCUT2D eigenvalue weighted by molar-refractivity contribution is 0.670. The first-order valence-corrected chi connectivity index (χ1v) is 2.78. The minimum Gasteiger partial charge on any atom is -0.264 e. The summed E-state index contributed by atoms with van der Waals surface area (Å²) in [4.78, 5) is 0. The van der Waals surface area contributed by atoms with Gasteiger partial charge in [-0.2, -0.15) is 0 Å². The molecule has 0 heterocycles. The first-order valence-electron chi connectivity index (χ1n) is 2.33. The van der Waals surface area contributed by atoms with Crippen LogP contribution in [-0.4, -0.2) is 13.9 Å². The molecule has 3 heteroatoms. The van der Waals surface area contributed by atoms with Crippen molar-refractivity contribution in [3.8, 4) is 0 Å². The molecule has 0 bridgehead atoms. The van der Waals surface area contributed by atoms with E-state index >= 15 is 0 Å². The van der Waals surface area contributed by atoms with E-state index in [0.717, 1.165) is 0 Å². The third kappa shape index (κ3) is 3.00. The molecule has 0 amide bonds. The third-order valence-corrected chi connectivity index (χ3v) is 1.40. The molecule has 2 radical (unpaired) electrons. The molecule has 7 heavy (non-hydrogen) atoms. The molecule has 40 valence electrons. The van der Waals surface area contributed by atoms with Crippen molar-refractivity contribution in [2.24, 2.45) is 0 Å². The van der Waals surface area contributed by atoms with Gasteiger partial charge in [0, 0.05) is 6.04 Å². The van der Waals surface area contributed by atoms with Crippen LogP contribution in [0.15, 0.2) is 0 Å². The molecule has 0 aromatic heterocycles. The summed E-state index contributed by atoms with van der Waals surface area (Å²) in [6, 6.07) is 0.295. The quantitative estimate of drug-likeness (QED) is 0.400. The van der Waals surface area contributed by atoms with Crippen LogP contribution in [0.25, 0.3) is 0 Å². The van der Waals surface area contributed by atoms with E-state index in [0.29, 0.717) is 6.04 Å². The highest BCUT2D eigenvalue weighted by Gasteiger charge is 2.00. The molecule has 0 fully saturated rings. The predicted molar refractivity (Wildman–Crippen MR) is 36.8 cm³/mol. The Hall–Kier alpha value is 0.375. The lowest BCUT2D eigenvalue weighted by Gasteiger charge is -2.12. The van der Waals surface area contributed by atoms with Crippen molar-refractivity contribution < 1.29 is 0 Å². The average molecular weight is 115 g/mol. The van der Waals surface area contributed by atoms with E-state index in [1.165, 1.54) is 0 Å². The highest BCUT2D eigenvalue weighted by Crippen LogP contribution is 2.02. The number of rotatable bonds is 2. The molecule has 1 nitrogen and oxygen atoms in total. The van der Waals surface area contributed by atoms with Gasteiger partial charge in [-0.15, -0.1) is 0 Å². The Kier molecular flexibility index (Phi) is 3.57. The molecule has 0 aliphatic carbocycles. The van der Waals surface area contributed by atoms with Gasteiger partial charge in [0.2, 0.25) is 0 Å². The maximum Gasteiger partial charge on any atom is 0.0717 e. The molecule has 0 saturated carbocycles. The fourth-order valence-corrected chi connectivity index (χ4v) is 0.353. The summed E-state index contributed by atoms with van der Waals surface area (Å²) in [7, 11) is 5.44. The van der Waals surface area contributed by atoms with E-state index in [2.05, 4.69) is 17.5 Å². The van der Waals surface area contributed by atoms with Crippen molar-refractivity contribution in [1.82, 2.24) is 4.72 Å². The van der Waals surface area contributed by atoms with Gasteiger partial charge in [-0.05, 0) is 6.92 Å². The van der Waals surface area contributed by atoms with E-state index in [1.54, 1.807) is 0 Å². The van der Waals surface area contributed by atoms with Crippen LogP contribution in [0.2, 0.25) is 5.82 Å². The van der Waals surface area contributed by atoms with Gasteiger partial charge in [-0.1, -0.05) is 25.6 Å². The Labute approximate surface area is 51.8 Å². The van der Waals surface area contributed by atoms with E-state index in [1.807, 2.05) is 13.8 Å². The van der Waals surface area contributed by atoms with Gasteiger partial charge in [0.1, 0.15) is 0 Å². The zero-order chi connectivity index (χ0) is 5.86. The zero-order valence-corrected chi connectivity index (χ0v) is 5.57. The summed E-state index contributed by atoms with van der Waals surface area (Å²) < 4.78 is 2.73. The normalized spacial score (nSPS) is 18.7. The summed E-state index contributed by atoms with van der Waals surface area (Å²) in [6.45, 7) is 3.92. The lowest BCUT2D eigenvalue weighted by Crippen LogP contribution is -2.20. The zero-order valence-electron chi connectivity index (χ0n) is 4.68. The van der Waals surface area contributed by atoms with Crippen LogP contribution in [-0.2, 0) is 0 Å². The molecular formula is C4H10BNS. The van der Waals surface area contributed by atoms with Crippen molar-refractivity contribution >= 4 is 20.7 Å². The van der Waals surface area contributed by atoms with Gasteiger partial charge in [-0.25, -0.2) is 0 Å². The molecule has 0 aromatic rings. The van der Waals surface area contributed by atoms with Crippen molar-refractivity contribution in [2.75, 3.05) is 0 Å². The van der Waals surface area contributed by atoms with E-state index < -0.39 is 0 Å². The summed E-state index contributed by atoms with van der Waals surface area (Å²) in [5.41, 5.74) is 0. The smallest absolute Gasteiger partial charge is 0.0717 e. The van der Waals surface area contributed by atoms with E-state index in [9.17, 15) is 0 Å². The van der Waals surface area contributed by atoms with Gasteiger partial charge in [0.25, 0.3) is 0 Å². The highest BCUT2D eigenvalue weighted by molar-refractivity contribution is 7.78.